The Kier molecular flexibility index (Phi) is 11.6. The fourth-order valence-electron chi connectivity index (χ4n) is 6.39. The van der Waals surface area contributed by atoms with E-state index in [0.29, 0.717) is 34.2 Å². The van der Waals surface area contributed by atoms with Gasteiger partial charge in [-0.1, -0.05) is 25.4 Å². The largest absolute Gasteiger partial charge is 0.383 e. The van der Waals surface area contributed by atoms with Gasteiger partial charge in [-0.05, 0) is 95.3 Å². The number of halogens is 2. The lowest BCUT2D eigenvalue weighted by Crippen LogP contribution is -2.38. The average molecular weight is 614 g/mol. The summed E-state index contributed by atoms with van der Waals surface area (Å²) in [4.78, 5) is 24.5. The molecule has 236 valence electrons. The van der Waals surface area contributed by atoms with Crippen LogP contribution in [0, 0.1) is 17.7 Å². The van der Waals surface area contributed by atoms with Gasteiger partial charge in [0.2, 0.25) is 0 Å². The van der Waals surface area contributed by atoms with E-state index in [2.05, 4.69) is 41.9 Å². The first-order valence-corrected chi connectivity index (χ1v) is 16.0. The molecule has 7 nitrogen and oxygen atoms in total. The fourth-order valence-corrected chi connectivity index (χ4v) is 6.67. The van der Waals surface area contributed by atoms with E-state index < -0.39 is 5.82 Å². The number of aromatic nitrogens is 2. The number of amides is 1. The van der Waals surface area contributed by atoms with Crippen LogP contribution in [-0.2, 0) is 11.2 Å². The highest BCUT2D eigenvalue weighted by molar-refractivity contribution is 6.35. The smallest absolute Gasteiger partial charge is 0.256 e. The second-order valence-corrected chi connectivity index (χ2v) is 13.2. The van der Waals surface area contributed by atoms with Gasteiger partial charge in [-0.2, -0.15) is 0 Å². The summed E-state index contributed by atoms with van der Waals surface area (Å²) >= 11 is 6.77. The number of benzene rings is 1. The van der Waals surface area contributed by atoms with E-state index in [-0.39, 0.29) is 11.9 Å². The molecule has 0 unspecified atom stereocenters. The highest BCUT2D eigenvalue weighted by Gasteiger charge is 2.31. The Balaban J connectivity index is 1.56. The summed E-state index contributed by atoms with van der Waals surface area (Å²) in [5.74, 6) is 0.419. The molecular formula is C34H49ClFN5O2. The molecule has 3 heterocycles. The number of nitrogens with zero attached hydrogens (tertiary/aromatic N) is 5. The number of carbonyl (C=O) groups is 1. The number of ether oxygens (including phenoxy) is 1. The predicted octanol–water partition coefficient (Wildman–Crippen LogP) is 6.55. The maximum Gasteiger partial charge on any atom is 0.256 e. The van der Waals surface area contributed by atoms with Crippen LogP contribution in [-0.4, -0.2) is 96.2 Å². The van der Waals surface area contributed by atoms with Crippen LogP contribution in [0.25, 0.3) is 16.6 Å². The van der Waals surface area contributed by atoms with Crippen molar-refractivity contribution < 1.29 is 13.9 Å². The van der Waals surface area contributed by atoms with Gasteiger partial charge in [0.25, 0.3) is 5.91 Å². The highest BCUT2D eigenvalue weighted by Crippen LogP contribution is 2.35. The van der Waals surface area contributed by atoms with Crippen molar-refractivity contribution >= 4 is 28.4 Å². The number of pyridine rings is 1. The molecule has 1 fully saturated rings. The van der Waals surface area contributed by atoms with Crippen molar-refractivity contribution in [1.82, 2.24) is 24.3 Å². The molecule has 1 aliphatic heterocycles. The first-order chi connectivity index (χ1) is 20.5. The van der Waals surface area contributed by atoms with Gasteiger partial charge in [0.15, 0.2) is 0 Å². The van der Waals surface area contributed by atoms with Crippen LogP contribution in [0.1, 0.15) is 62.9 Å². The number of methoxy groups -OCH3 is 1. The van der Waals surface area contributed by atoms with Crippen molar-refractivity contribution in [3.63, 3.8) is 0 Å². The molecule has 0 spiro atoms. The van der Waals surface area contributed by atoms with E-state index >= 15 is 0 Å². The van der Waals surface area contributed by atoms with Crippen molar-refractivity contribution in [2.45, 2.75) is 65.5 Å². The van der Waals surface area contributed by atoms with Gasteiger partial charge >= 0.3 is 0 Å². The molecule has 0 N–H and O–H groups in total. The summed E-state index contributed by atoms with van der Waals surface area (Å²) in [6.45, 7) is 13.5. The Morgan fingerprint density at radius 2 is 1.95 bits per heavy atom. The van der Waals surface area contributed by atoms with Gasteiger partial charge in [0.05, 0.1) is 34.6 Å². The van der Waals surface area contributed by atoms with E-state index in [1.165, 1.54) is 25.0 Å². The van der Waals surface area contributed by atoms with Crippen LogP contribution in [0.4, 0.5) is 4.39 Å². The average Bonchev–Trinajstić information content (AvgIpc) is 3.58. The third-order valence-corrected chi connectivity index (χ3v) is 9.36. The van der Waals surface area contributed by atoms with E-state index in [4.69, 9.17) is 16.3 Å². The first-order valence-electron chi connectivity index (χ1n) is 15.6. The molecule has 1 aliphatic rings. The summed E-state index contributed by atoms with van der Waals surface area (Å²) in [6.07, 6.45) is 9.91. The SMILES string of the molecule is COCCN(C)CCC[C@H](C(C)C)N1CC[C@H](Cc2cn(-c3ccc(F)cc3C(=O)N(C)C(C)C)c3cncc(Cl)c23)C1. The minimum atomic E-state index is -0.440. The standard InChI is InChI=1S/C34H49ClFN5O2/c1-23(2)30(9-8-13-38(5)15-16-43-7)40-14-12-25(21-40)17-26-22-41(32-20-37-19-29(35)33(26)32)31-11-10-27(36)18-28(31)34(42)39(6)24(3)4/h10-11,18-20,22-25,30H,8-9,12-17,21H2,1-7H3/t25-,30-/m1/s1. The molecule has 9 heteroatoms. The van der Waals surface area contributed by atoms with Gasteiger partial charge in [-0.3, -0.25) is 14.7 Å². The molecule has 0 radical (unpaired) electrons. The zero-order valence-electron chi connectivity index (χ0n) is 26.9. The molecule has 0 aliphatic carbocycles. The van der Waals surface area contributed by atoms with Gasteiger partial charge in [0, 0.05) is 57.1 Å². The van der Waals surface area contributed by atoms with Crippen molar-refractivity contribution in [3.05, 3.63) is 58.8 Å². The first kappa shape index (κ1) is 33.4. The van der Waals surface area contributed by atoms with Crippen molar-refractivity contribution in [2.75, 3.05) is 54.0 Å². The monoisotopic (exact) mass is 613 g/mol. The van der Waals surface area contributed by atoms with Gasteiger partial charge in [-0.15, -0.1) is 0 Å². The van der Waals surface area contributed by atoms with Crippen molar-refractivity contribution in [1.29, 1.82) is 0 Å². The van der Waals surface area contributed by atoms with Crippen LogP contribution >= 0.6 is 11.6 Å². The predicted molar refractivity (Wildman–Crippen MR) is 174 cm³/mol. The minimum absolute atomic E-state index is 0.0201. The molecule has 2 aromatic heterocycles. The maximum absolute atomic E-state index is 14.4. The highest BCUT2D eigenvalue weighted by atomic mass is 35.5. The van der Waals surface area contributed by atoms with E-state index in [1.54, 1.807) is 37.5 Å². The quantitative estimate of drug-likeness (QED) is 0.206. The van der Waals surface area contributed by atoms with Crippen molar-refractivity contribution in [3.8, 4) is 5.69 Å². The van der Waals surface area contributed by atoms with Crippen LogP contribution in [0.5, 0.6) is 0 Å². The van der Waals surface area contributed by atoms with E-state index in [1.807, 2.05) is 18.4 Å². The molecule has 0 saturated carbocycles. The lowest BCUT2D eigenvalue weighted by Gasteiger charge is -2.32. The van der Waals surface area contributed by atoms with Crippen molar-refractivity contribution in [2.24, 2.45) is 11.8 Å². The molecule has 0 bridgehead atoms. The number of likely N-dealkylation sites (N-methyl/N-ethyl adjacent to an activating group) is 1. The van der Waals surface area contributed by atoms with Crippen LogP contribution in [0.3, 0.4) is 0 Å². The van der Waals surface area contributed by atoms with Gasteiger partial charge < -0.3 is 19.1 Å². The molecule has 4 rings (SSSR count). The number of hydrogen-bond acceptors (Lipinski definition) is 5. The summed E-state index contributed by atoms with van der Waals surface area (Å²) < 4.78 is 21.6. The Labute approximate surface area is 261 Å². The summed E-state index contributed by atoms with van der Waals surface area (Å²) in [7, 11) is 5.66. The normalized spacial score (nSPS) is 16.7. The van der Waals surface area contributed by atoms with Crippen LogP contribution in [0.2, 0.25) is 5.02 Å². The molecule has 1 saturated heterocycles. The molecule has 1 aromatic carbocycles. The molecule has 43 heavy (non-hydrogen) atoms. The van der Waals surface area contributed by atoms with E-state index in [0.717, 1.165) is 62.1 Å². The van der Waals surface area contributed by atoms with E-state index in [9.17, 15) is 9.18 Å². The zero-order valence-corrected chi connectivity index (χ0v) is 27.7. The molecule has 1 amide bonds. The van der Waals surface area contributed by atoms with Crippen LogP contribution in [0.15, 0.2) is 36.8 Å². The van der Waals surface area contributed by atoms with Gasteiger partial charge in [-0.25, -0.2) is 4.39 Å². The second kappa shape index (κ2) is 15.0. The Morgan fingerprint density at radius 1 is 1.19 bits per heavy atom. The fraction of sp³-hybridized carbons (Fsp3) is 0.588. The second-order valence-electron chi connectivity index (χ2n) is 12.8. The lowest BCUT2D eigenvalue weighted by atomic mass is 9.96. The maximum atomic E-state index is 14.4. The number of carbonyl (C=O) groups excluding carboxylic acids is 1. The topological polar surface area (TPSA) is 53.8 Å². The van der Waals surface area contributed by atoms with Gasteiger partial charge in [0.1, 0.15) is 5.82 Å². The lowest BCUT2D eigenvalue weighted by molar-refractivity contribution is 0.0754. The molecule has 3 aromatic rings. The summed E-state index contributed by atoms with van der Waals surface area (Å²) in [5.41, 5.74) is 2.90. The third-order valence-electron chi connectivity index (χ3n) is 9.07. The zero-order chi connectivity index (χ0) is 31.3. The Hall–Kier alpha value is -2.52. The van der Waals surface area contributed by atoms with Crippen LogP contribution < -0.4 is 0 Å². The number of rotatable bonds is 14. The number of fused-ring (bicyclic) bond motifs is 1. The number of hydrogen-bond donors (Lipinski definition) is 0. The Morgan fingerprint density at radius 3 is 2.65 bits per heavy atom. The summed E-state index contributed by atoms with van der Waals surface area (Å²) in [6, 6.07) is 4.95. The Bertz CT molecular complexity index is 1380. The minimum Gasteiger partial charge on any atom is -0.383 e. The third kappa shape index (κ3) is 7.96. The summed E-state index contributed by atoms with van der Waals surface area (Å²) in [5, 5.41) is 1.54. The molecule has 2 atom stereocenters. The number of likely N-dealkylation sites (tertiary alicyclic amines) is 1. The molecular weight excluding hydrogens is 565 g/mol.